The minimum Gasteiger partial charge on any atom is -0.490 e. The Morgan fingerprint density at radius 3 is 1.76 bits per heavy atom. The third-order valence-corrected chi connectivity index (χ3v) is 5.94. The van der Waals surface area contributed by atoms with Gasteiger partial charge in [0.15, 0.2) is 0 Å². The molecule has 4 aromatic carbocycles. The predicted octanol–water partition coefficient (Wildman–Crippen LogP) is 8.48. The first kappa shape index (κ1) is 22.7. The number of hydrogen-bond acceptors (Lipinski definition) is 2. The van der Waals surface area contributed by atoms with E-state index >= 15 is 0 Å². The van der Waals surface area contributed by atoms with E-state index in [0.717, 1.165) is 46.6 Å². The van der Waals surface area contributed by atoms with Gasteiger partial charge in [-0.15, -0.1) is 0 Å². The monoisotopic (exact) mass is 436 g/mol. The van der Waals surface area contributed by atoms with Gasteiger partial charge in [0.2, 0.25) is 0 Å². The van der Waals surface area contributed by atoms with E-state index in [9.17, 15) is 0 Å². The highest BCUT2D eigenvalue weighted by Gasteiger charge is 2.10. The second-order valence-electron chi connectivity index (χ2n) is 8.47. The Hall–Kier alpha value is -3.52. The normalized spacial score (nSPS) is 10.9. The van der Waals surface area contributed by atoms with Crippen molar-refractivity contribution < 1.29 is 9.47 Å². The maximum absolute atomic E-state index is 6.35. The highest BCUT2D eigenvalue weighted by Crippen LogP contribution is 2.33. The third-order valence-electron chi connectivity index (χ3n) is 5.94. The first-order valence-corrected chi connectivity index (χ1v) is 11.8. The molecular formula is C31H32O2. The number of ether oxygens (including phenoxy) is 2. The van der Waals surface area contributed by atoms with Gasteiger partial charge in [0, 0.05) is 0 Å². The Kier molecular flexibility index (Phi) is 7.47. The molecule has 0 radical (unpaired) electrons. The fourth-order valence-corrected chi connectivity index (χ4v) is 3.88. The molecule has 2 heteroatoms. The molecule has 0 heterocycles. The van der Waals surface area contributed by atoms with Crippen LogP contribution in [0.2, 0.25) is 0 Å². The van der Waals surface area contributed by atoms with Crippen molar-refractivity contribution in [2.24, 2.45) is 0 Å². The maximum atomic E-state index is 6.35. The third kappa shape index (κ3) is 6.04. The molecule has 33 heavy (non-hydrogen) atoms. The van der Waals surface area contributed by atoms with Crippen LogP contribution in [0, 0.1) is 6.92 Å². The Morgan fingerprint density at radius 1 is 0.606 bits per heavy atom. The molecule has 2 nitrogen and oxygen atoms in total. The summed E-state index contributed by atoms with van der Waals surface area (Å²) in [6, 6.07) is 33.8. The van der Waals surface area contributed by atoms with Crippen LogP contribution in [-0.4, -0.2) is 6.10 Å². The van der Waals surface area contributed by atoms with Crippen molar-refractivity contribution in [1.29, 1.82) is 0 Å². The lowest BCUT2D eigenvalue weighted by Gasteiger charge is -2.18. The van der Waals surface area contributed by atoms with E-state index in [1.54, 1.807) is 0 Å². The fourth-order valence-electron chi connectivity index (χ4n) is 3.88. The molecule has 168 valence electrons. The van der Waals surface area contributed by atoms with Gasteiger partial charge in [-0.1, -0.05) is 86.1 Å². The average Bonchev–Trinajstić information content (AvgIpc) is 2.87. The van der Waals surface area contributed by atoms with Crippen molar-refractivity contribution in [2.45, 2.75) is 46.3 Å². The van der Waals surface area contributed by atoms with E-state index in [-0.39, 0.29) is 6.10 Å². The summed E-state index contributed by atoms with van der Waals surface area (Å²) in [5.74, 6) is 1.78. The van der Waals surface area contributed by atoms with Gasteiger partial charge in [-0.05, 0) is 77.9 Å². The molecule has 0 saturated carbocycles. The maximum Gasteiger partial charge on any atom is 0.120 e. The second-order valence-corrected chi connectivity index (χ2v) is 8.47. The Labute approximate surface area is 197 Å². The number of rotatable bonds is 9. The average molecular weight is 437 g/mol. The van der Waals surface area contributed by atoms with Crippen LogP contribution in [0.3, 0.4) is 0 Å². The number of hydrogen-bond donors (Lipinski definition) is 0. The fraction of sp³-hybridized carbons (Fsp3) is 0.226. The summed E-state index contributed by atoms with van der Waals surface area (Å²) in [6.45, 7) is 7.03. The van der Waals surface area contributed by atoms with Crippen molar-refractivity contribution in [1.82, 2.24) is 0 Å². The molecule has 4 rings (SSSR count). The zero-order valence-electron chi connectivity index (χ0n) is 19.8. The van der Waals surface area contributed by atoms with Gasteiger partial charge in [-0.3, -0.25) is 0 Å². The molecular weight excluding hydrogens is 404 g/mol. The largest absolute Gasteiger partial charge is 0.490 e. The van der Waals surface area contributed by atoms with Crippen LogP contribution in [0.5, 0.6) is 11.5 Å². The summed E-state index contributed by atoms with van der Waals surface area (Å²) in [6.07, 6.45) is 2.21. The van der Waals surface area contributed by atoms with Crippen molar-refractivity contribution >= 4 is 0 Å². The lowest BCUT2D eigenvalue weighted by molar-refractivity contribution is 0.193. The molecule has 0 bridgehead atoms. The molecule has 0 aliphatic heterocycles. The van der Waals surface area contributed by atoms with Gasteiger partial charge in [0.1, 0.15) is 18.1 Å². The van der Waals surface area contributed by atoms with Gasteiger partial charge in [0.25, 0.3) is 0 Å². The summed E-state index contributed by atoms with van der Waals surface area (Å²) in [4.78, 5) is 0. The number of aryl methyl sites for hydroxylation is 1. The van der Waals surface area contributed by atoms with Crippen LogP contribution < -0.4 is 9.47 Å². The molecule has 4 aromatic rings. The SMILES string of the molecule is CCC(CC)Oc1cc(-c2ccc(C)cc2)cc(-c2ccc(OCc3ccccc3)cc2)c1. The minimum atomic E-state index is 0.222. The quantitative estimate of drug-likeness (QED) is 0.262. The zero-order chi connectivity index (χ0) is 23.0. The standard InChI is InChI=1S/C31H32O2/c1-4-29(5-2)33-31-20-27(25-13-11-23(3)12-14-25)19-28(21-31)26-15-17-30(18-16-26)32-22-24-9-7-6-8-10-24/h6-21,29H,4-5,22H2,1-3H3. The highest BCUT2D eigenvalue weighted by molar-refractivity contribution is 5.75. The molecule has 0 saturated heterocycles. The second kappa shape index (κ2) is 10.9. The van der Waals surface area contributed by atoms with Crippen LogP contribution in [0.4, 0.5) is 0 Å². The molecule has 0 atom stereocenters. The van der Waals surface area contributed by atoms with Gasteiger partial charge >= 0.3 is 0 Å². The Balaban J connectivity index is 1.61. The van der Waals surface area contributed by atoms with Crippen molar-refractivity contribution in [3.05, 3.63) is 108 Å². The van der Waals surface area contributed by atoms with E-state index in [2.05, 4.69) is 87.5 Å². The summed E-state index contributed by atoms with van der Waals surface area (Å²) in [5, 5.41) is 0. The highest BCUT2D eigenvalue weighted by atomic mass is 16.5. The molecule has 0 aliphatic rings. The first-order valence-electron chi connectivity index (χ1n) is 11.8. The molecule has 0 N–H and O–H groups in total. The van der Waals surface area contributed by atoms with Gasteiger partial charge < -0.3 is 9.47 Å². The molecule has 0 fully saturated rings. The Morgan fingerprint density at radius 2 is 1.18 bits per heavy atom. The smallest absolute Gasteiger partial charge is 0.120 e. The van der Waals surface area contributed by atoms with E-state index in [4.69, 9.17) is 9.47 Å². The molecule has 0 amide bonds. The summed E-state index contributed by atoms with van der Waals surface area (Å²) >= 11 is 0. The van der Waals surface area contributed by atoms with Crippen LogP contribution in [-0.2, 0) is 6.61 Å². The molecule has 0 aliphatic carbocycles. The van der Waals surface area contributed by atoms with Crippen LogP contribution >= 0.6 is 0 Å². The van der Waals surface area contributed by atoms with E-state index in [1.165, 1.54) is 11.1 Å². The van der Waals surface area contributed by atoms with Crippen molar-refractivity contribution in [2.75, 3.05) is 0 Å². The van der Waals surface area contributed by atoms with Crippen LogP contribution in [0.1, 0.15) is 37.8 Å². The van der Waals surface area contributed by atoms with Crippen molar-refractivity contribution in [3.8, 4) is 33.8 Å². The summed E-state index contributed by atoms with van der Waals surface area (Å²) in [7, 11) is 0. The van der Waals surface area contributed by atoms with Gasteiger partial charge in [0.05, 0.1) is 6.10 Å². The topological polar surface area (TPSA) is 18.5 Å². The number of benzene rings is 4. The molecule has 0 spiro atoms. The van der Waals surface area contributed by atoms with E-state index in [1.807, 2.05) is 30.3 Å². The Bertz CT molecular complexity index is 1140. The predicted molar refractivity (Wildman–Crippen MR) is 138 cm³/mol. The van der Waals surface area contributed by atoms with Gasteiger partial charge in [-0.25, -0.2) is 0 Å². The first-order chi connectivity index (χ1) is 16.1. The molecule has 0 aromatic heterocycles. The van der Waals surface area contributed by atoms with E-state index in [0.29, 0.717) is 6.61 Å². The van der Waals surface area contributed by atoms with Crippen molar-refractivity contribution in [3.63, 3.8) is 0 Å². The lowest BCUT2D eigenvalue weighted by Crippen LogP contribution is -2.13. The summed E-state index contributed by atoms with van der Waals surface area (Å²) in [5.41, 5.74) is 7.07. The van der Waals surface area contributed by atoms with E-state index < -0.39 is 0 Å². The van der Waals surface area contributed by atoms with Crippen LogP contribution in [0.15, 0.2) is 97.1 Å². The van der Waals surface area contributed by atoms with Crippen LogP contribution in [0.25, 0.3) is 22.3 Å². The lowest BCUT2D eigenvalue weighted by atomic mass is 9.98. The zero-order valence-corrected chi connectivity index (χ0v) is 19.8. The molecule has 0 unspecified atom stereocenters. The van der Waals surface area contributed by atoms with Gasteiger partial charge in [-0.2, -0.15) is 0 Å². The minimum absolute atomic E-state index is 0.222. The summed E-state index contributed by atoms with van der Waals surface area (Å²) < 4.78 is 12.3.